The molecule has 0 fully saturated rings. The van der Waals surface area contributed by atoms with Gasteiger partial charge in [-0.3, -0.25) is 9.79 Å². The van der Waals surface area contributed by atoms with E-state index in [0.717, 1.165) is 6.54 Å². The fourth-order valence-electron chi connectivity index (χ4n) is 2.02. The highest BCUT2D eigenvalue weighted by Crippen LogP contribution is 2.09. The fraction of sp³-hybridized carbons (Fsp3) is 0.500. The van der Waals surface area contributed by atoms with Crippen molar-refractivity contribution < 1.29 is 9.53 Å². The Hall–Kier alpha value is -2.08. The largest absolute Gasteiger partial charge is 0.383 e. The summed E-state index contributed by atoms with van der Waals surface area (Å²) < 4.78 is 4.89. The number of aryl methyl sites for hydroxylation is 1. The van der Waals surface area contributed by atoms with Crippen molar-refractivity contribution in [2.75, 3.05) is 40.9 Å². The first-order valence-corrected chi connectivity index (χ1v) is 7.30. The maximum Gasteiger partial charge on any atom is 0.239 e. The van der Waals surface area contributed by atoms with Gasteiger partial charge >= 0.3 is 0 Å². The molecule has 0 atom stereocenters. The molecule has 0 aliphatic carbocycles. The van der Waals surface area contributed by atoms with Gasteiger partial charge in [-0.1, -0.05) is 24.3 Å². The normalized spacial score (nSPS) is 11.2. The lowest BCUT2D eigenvalue weighted by atomic mass is 10.1. The average molecular weight is 306 g/mol. The molecule has 0 spiro atoms. The van der Waals surface area contributed by atoms with Crippen molar-refractivity contribution in [3.05, 3.63) is 35.4 Å². The summed E-state index contributed by atoms with van der Waals surface area (Å²) in [6, 6.07) is 8.23. The molecule has 1 rings (SSSR count). The summed E-state index contributed by atoms with van der Waals surface area (Å²) in [7, 11) is 5.26. The molecule has 0 radical (unpaired) electrons. The van der Waals surface area contributed by atoms with Gasteiger partial charge in [-0.2, -0.15) is 0 Å². The number of ether oxygens (including phenoxy) is 1. The smallest absolute Gasteiger partial charge is 0.239 e. The molecule has 0 aliphatic heterocycles. The van der Waals surface area contributed by atoms with Crippen LogP contribution >= 0.6 is 0 Å². The van der Waals surface area contributed by atoms with Gasteiger partial charge in [0, 0.05) is 34.3 Å². The minimum atomic E-state index is -0.0810. The Balaban J connectivity index is 2.47. The Labute approximate surface area is 132 Å². The van der Waals surface area contributed by atoms with Gasteiger partial charge in [0.15, 0.2) is 5.96 Å². The zero-order chi connectivity index (χ0) is 16.4. The molecule has 0 unspecified atom stereocenters. The molecule has 0 aliphatic rings. The van der Waals surface area contributed by atoms with E-state index in [-0.39, 0.29) is 12.5 Å². The van der Waals surface area contributed by atoms with Gasteiger partial charge in [-0.05, 0) is 18.1 Å². The van der Waals surface area contributed by atoms with E-state index in [9.17, 15) is 4.79 Å². The predicted molar refractivity (Wildman–Crippen MR) is 88.9 cm³/mol. The third-order valence-electron chi connectivity index (χ3n) is 3.28. The van der Waals surface area contributed by atoms with Crippen molar-refractivity contribution in [2.24, 2.45) is 4.99 Å². The number of rotatable bonds is 7. The molecule has 0 saturated carbocycles. The van der Waals surface area contributed by atoms with Gasteiger partial charge in [-0.25, -0.2) is 0 Å². The lowest BCUT2D eigenvalue weighted by Gasteiger charge is -2.22. The van der Waals surface area contributed by atoms with E-state index >= 15 is 0 Å². The van der Waals surface area contributed by atoms with Crippen molar-refractivity contribution >= 4 is 11.9 Å². The number of hydrogen-bond donors (Lipinski definition) is 2. The Kier molecular flexibility index (Phi) is 7.99. The highest BCUT2D eigenvalue weighted by Gasteiger charge is 2.09. The summed E-state index contributed by atoms with van der Waals surface area (Å²) >= 11 is 0. The number of hydrogen-bond acceptors (Lipinski definition) is 3. The van der Waals surface area contributed by atoms with Crippen molar-refractivity contribution in [3.8, 4) is 0 Å². The van der Waals surface area contributed by atoms with E-state index in [1.165, 1.54) is 11.1 Å². The Morgan fingerprint density at radius 2 is 2.05 bits per heavy atom. The zero-order valence-corrected chi connectivity index (χ0v) is 13.8. The second-order valence-corrected chi connectivity index (χ2v) is 5.03. The number of carbonyl (C=O) groups excluding carboxylic acids is 1. The van der Waals surface area contributed by atoms with Crippen molar-refractivity contribution in [1.29, 1.82) is 0 Å². The minimum absolute atomic E-state index is 0.0810. The summed E-state index contributed by atoms with van der Waals surface area (Å²) in [5, 5.41) is 5.82. The molecule has 1 amide bonds. The molecule has 22 heavy (non-hydrogen) atoms. The van der Waals surface area contributed by atoms with E-state index in [1.807, 2.05) is 24.1 Å². The van der Waals surface area contributed by atoms with Crippen LogP contribution in [0.25, 0.3) is 0 Å². The van der Waals surface area contributed by atoms with Crippen LogP contribution in [0.15, 0.2) is 29.3 Å². The van der Waals surface area contributed by atoms with Gasteiger partial charge in [-0.15, -0.1) is 0 Å². The topological polar surface area (TPSA) is 66.0 Å². The second-order valence-electron chi connectivity index (χ2n) is 5.03. The monoisotopic (exact) mass is 306 g/mol. The molecule has 122 valence electrons. The first-order valence-electron chi connectivity index (χ1n) is 7.30. The Morgan fingerprint density at radius 3 is 2.68 bits per heavy atom. The number of benzene rings is 1. The molecule has 6 nitrogen and oxygen atoms in total. The Morgan fingerprint density at radius 1 is 1.32 bits per heavy atom. The molecule has 0 heterocycles. The van der Waals surface area contributed by atoms with Crippen LogP contribution in [0, 0.1) is 6.92 Å². The SMILES string of the molecule is CN=C(NCC(=O)NCCOC)N(C)Cc1ccccc1C. The van der Waals surface area contributed by atoms with Crippen molar-refractivity contribution in [2.45, 2.75) is 13.5 Å². The van der Waals surface area contributed by atoms with Crippen LogP contribution in [0.2, 0.25) is 0 Å². The van der Waals surface area contributed by atoms with Crippen LogP contribution in [-0.2, 0) is 16.1 Å². The standard InChI is InChI=1S/C16H26N4O2/c1-13-7-5-6-8-14(13)12-20(3)16(17-2)19-11-15(21)18-9-10-22-4/h5-8H,9-12H2,1-4H3,(H,17,19)(H,18,21). The fourth-order valence-corrected chi connectivity index (χ4v) is 2.02. The van der Waals surface area contributed by atoms with Crippen LogP contribution in [-0.4, -0.2) is 57.7 Å². The summed E-state index contributed by atoms with van der Waals surface area (Å²) in [4.78, 5) is 17.9. The van der Waals surface area contributed by atoms with Crippen molar-refractivity contribution in [3.63, 3.8) is 0 Å². The highest BCUT2D eigenvalue weighted by molar-refractivity contribution is 5.86. The van der Waals surface area contributed by atoms with Gasteiger partial charge in [0.25, 0.3) is 0 Å². The zero-order valence-electron chi connectivity index (χ0n) is 13.8. The summed E-state index contributed by atoms with van der Waals surface area (Å²) in [5.74, 6) is 0.604. The summed E-state index contributed by atoms with van der Waals surface area (Å²) in [6.45, 7) is 4.02. The third kappa shape index (κ3) is 6.13. The van der Waals surface area contributed by atoms with E-state index in [2.05, 4.69) is 34.7 Å². The van der Waals surface area contributed by atoms with E-state index in [1.54, 1.807) is 14.2 Å². The lowest BCUT2D eigenvalue weighted by molar-refractivity contribution is -0.120. The number of nitrogens with one attached hydrogen (secondary N) is 2. The molecule has 1 aromatic rings. The van der Waals surface area contributed by atoms with Gasteiger partial charge < -0.3 is 20.3 Å². The molecule has 0 saturated heterocycles. The molecule has 6 heteroatoms. The van der Waals surface area contributed by atoms with Crippen LogP contribution in [0.1, 0.15) is 11.1 Å². The van der Waals surface area contributed by atoms with E-state index in [0.29, 0.717) is 19.1 Å². The number of methoxy groups -OCH3 is 1. The number of amides is 1. The highest BCUT2D eigenvalue weighted by atomic mass is 16.5. The molecule has 0 bridgehead atoms. The molecule has 0 aromatic heterocycles. The Bertz CT molecular complexity index is 503. The summed E-state index contributed by atoms with van der Waals surface area (Å²) in [6.07, 6.45) is 0. The van der Waals surface area contributed by atoms with Gasteiger partial charge in [0.05, 0.1) is 13.2 Å². The average Bonchev–Trinajstić information content (AvgIpc) is 2.50. The lowest BCUT2D eigenvalue weighted by Crippen LogP contribution is -2.44. The molecule has 2 N–H and O–H groups in total. The third-order valence-corrected chi connectivity index (χ3v) is 3.28. The van der Waals surface area contributed by atoms with Gasteiger partial charge in [0.1, 0.15) is 0 Å². The minimum Gasteiger partial charge on any atom is -0.383 e. The quantitative estimate of drug-likeness (QED) is 0.443. The van der Waals surface area contributed by atoms with E-state index in [4.69, 9.17) is 4.74 Å². The van der Waals surface area contributed by atoms with Crippen molar-refractivity contribution in [1.82, 2.24) is 15.5 Å². The number of aliphatic imine (C=N–C) groups is 1. The van der Waals surface area contributed by atoms with Crippen LogP contribution in [0.3, 0.4) is 0 Å². The number of nitrogens with zero attached hydrogens (tertiary/aromatic N) is 2. The predicted octanol–water partition coefficient (Wildman–Crippen LogP) is 0.765. The van der Waals surface area contributed by atoms with Crippen LogP contribution in [0.5, 0.6) is 0 Å². The summed E-state index contributed by atoms with van der Waals surface area (Å²) in [5.41, 5.74) is 2.47. The molecular formula is C16H26N4O2. The van der Waals surface area contributed by atoms with Crippen LogP contribution < -0.4 is 10.6 Å². The maximum atomic E-state index is 11.7. The second kappa shape index (κ2) is 9.78. The molecular weight excluding hydrogens is 280 g/mol. The van der Waals surface area contributed by atoms with Gasteiger partial charge in [0.2, 0.25) is 5.91 Å². The first-order chi connectivity index (χ1) is 10.6. The number of carbonyl (C=O) groups is 1. The first kappa shape index (κ1) is 18.0. The van der Waals surface area contributed by atoms with E-state index < -0.39 is 0 Å². The van der Waals surface area contributed by atoms with Crippen LogP contribution in [0.4, 0.5) is 0 Å². The number of guanidine groups is 1. The molecule has 1 aromatic carbocycles. The maximum absolute atomic E-state index is 11.7.